The number of benzene rings is 3. The molecule has 0 radical (unpaired) electrons. The first-order chi connectivity index (χ1) is 17.3. The minimum Gasteiger partial charge on any atom is -0.490 e. The maximum atomic E-state index is 13.5. The van der Waals surface area contributed by atoms with Gasteiger partial charge in [-0.05, 0) is 55.5 Å². The third-order valence-electron chi connectivity index (χ3n) is 5.00. The molecular formula is C25H20BrFN4O5. The Hall–Kier alpha value is -4.25. The quantitative estimate of drug-likeness (QED) is 0.293. The van der Waals surface area contributed by atoms with Crippen molar-refractivity contribution in [3.63, 3.8) is 0 Å². The number of rotatable bonds is 8. The fraction of sp³-hybridized carbons (Fsp3) is 0.120. The Kier molecular flexibility index (Phi) is 7.59. The predicted molar refractivity (Wildman–Crippen MR) is 134 cm³/mol. The highest BCUT2D eigenvalue weighted by atomic mass is 79.9. The van der Waals surface area contributed by atoms with Gasteiger partial charge >= 0.3 is 6.09 Å². The van der Waals surface area contributed by atoms with Crippen LogP contribution in [0.15, 0.2) is 65.4 Å². The van der Waals surface area contributed by atoms with Gasteiger partial charge in [0.15, 0.2) is 5.75 Å². The number of primary amides is 1. The van der Waals surface area contributed by atoms with E-state index in [1.807, 2.05) is 19.1 Å². The smallest absolute Gasteiger partial charge is 0.410 e. The molecule has 2 amide bonds. The molecule has 11 heteroatoms. The van der Waals surface area contributed by atoms with Gasteiger partial charge in [0.05, 0.1) is 5.69 Å². The van der Waals surface area contributed by atoms with Crippen molar-refractivity contribution in [2.24, 2.45) is 5.73 Å². The highest BCUT2D eigenvalue weighted by Gasteiger charge is 2.13. The number of anilines is 1. The second-order valence-corrected chi connectivity index (χ2v) is 8.41. The fourth-order valence-corrected chi connectivity index (χ4v) is 3.77. The number of aromatic nitrogens is 2. The number of nitrogens with one attached hydrogen (secondary N) is 1. The molecule has 184 valence electrons. The van der Waals surface area contributed by atoms with E-state index in [-0.39, 0.29) is 24.7 Å². The SMILES string of the molecule is Cc1ncnc2c(OCCOc3ccc(C(=O)Nc4ccc(F)cc4OC(N)=O)cc3)cc(Br)cc12. The Balaban J connectivity index is 1.34. The van der Waals surface area contributed by atoms with Crippen molar-refractivity contribution >= 4 is 44.5 Å². The molecule has 0 fully saturated rings. The van der Waals surface area contributed by atoms with Gasteiger partial charge in [0.1, 0.15) is 42.4 Å². The third-order valence-corrected chi connectivity index (χ3v) is 5.45. The summed E-state index contributed by atoms with van der Waals surface area (Å²) in [7, 11) is 0. The molecule has 0 saturated heterocycles. The summed E-state index contributed by atoms with van der Waals surface area (Å²) in [5, 5.41) is 3.45. The minimum atomic E-state index is -1.13. The zero-order chi connectivity index (χ0) is 25.7. The molecule has 4 aromatic rings. The highest BCUT2D eigenvalue weighted by Crippen LogP contribution is 2.30. The van der Waals surface area contributed by atoms with Gasteiger partial charge in [-0.1, -0.05) is 15.9 Å². The van der Waals surface area contributed by atoms with E-state index in [1.165, 1.54) is 12.4 Å². The van der Waals surface area contributed by atoms with E-state index in [1.54, 1.807) is 24.3 Å². The summed E-state index contributed by atoms with van der Waals surface area (Å²) >= 11 is 3.48. The first-order valence-electron chi connectivity index (χ1n) is 10.6. The topological polar surface area (TPSA) is 126 Å². The summed E-state index contributed by atoms with van der Waals surface area (Å²) in [4.78, 5) is 32.1. The summed E-state index contributed by atoms with van der Waals surface area (Å²) in [6, 6.07) is 13.5. The monoisotopic (exact) mass is 554 g/mol. The number of nitrogens with two attached hydrogens (primary N) is 1. The fourth-order valence-electron chi connectivity index (χ4n) is 3.34. The Morgan fingerprint density at radius 1 is 1.00 bits per heavy atom. The lowest BCUT2D eigenvalue weighted by Crippen LogP contribution is -2.19. The average Bonchev–Trinajstić information content (AvgIpc) is 2.84. The van der Waals surface area contributed by atoms with Crippen LogP contribution in [-0.2, 0) is 0 Å². The molecule has 1 heterocycles. The van der Waals surface area contributed by atoms with Gasteiger partial charge in [-0.2, -0.15) is 0 Å². The largest absolute Gasteiger partial charge is 0.490 e. The van der Waals surface area contributed by atoms with E-state index in [9.17, 15) is 14.0 Å². The zero-order valence-electron chi connectivity index (χ0n) is 19.0. The summed E-state index contributed by atoms with van der Waals surface area (Å²) in [5.41, 5.74) is 6.96. The second kappa shape index (κ2) is 11.0. The summed E-state index contributed by atoms with van der Waals surface area (Å²) in [5.74, 6) is -0.195. The number of amides is 2. The molecule has 1 aromatic heterocycles. The summed E-state index contributed by atoms with van der Waals surface area (Å²) in [6.45, 7) is 2.43. The van der Waals surface area contributed by atoms with Gasteiger partial charge in [-0.15, -0.1) is 0 Å². The molecule has 0 aliphatic rings. The maximum Gasteiger partial charge on any atom is 0.410 e. The van der Waals surface area contributed by atoms with Crippen molar-refractivity contribution in [1.82, 2.24) is 9.97 Å². The molecule has 36 heavy (non-hydrogen) atoms. The molecule has 0 aliphatic carbocycles. The van der Waals surface area contributed by atoms with Crippen LogP contribution in [0.3, 0.4) is 0 Å². The Bertz CT molecular complexity index is 1430. The zero-order valence-corrected chi connectivity index (χ0v) is 20.5. The van der Waals surface area contributed by atoms with Crippen molar-refractivity contribution < 1.29 is 28.2 Å². The molecule has 0 unspecified atom stereocenters. The molecule has 0 saturated carbocycles. The van der Waals surface area contributed by atoms with Crippen molar-refractivity contribution in [2.45, 2.75) is 6.92 Å². The van der Waals surface area contributed by atoms with Crippen LogP contribution in [0.4, 0.5) is 14.9 Å². The van der Waals surface area contributed by atoms with Crippen LogP contribution in [0.5, 0.6) is 17.2 Å². The first kappa shape index (κ1) is 24.9. The molecule has 4 rings (SSSR count). The molecule has 0 bridgehead atoms. The van der Waals surface area contributed by atoms with Crippen molar-refractivity contribution in [1.29, 1.82) is 0 Å². The van der Waals surface area contributed by atoms with E-state index in [0.717, 1.165) is 27.7 Å². The van der Waals surface area contributed by atoms with E-state index in [0.29, 0.717) is 22.6 Å². The van der Waals surface area contributed by atoms with E-state index >= 15 is 0 Å². The van der Waals surface area contributed by atoms with Crippen molar-refractivity contribution in [2.75, 3.05) is 18.5 Å². The van der Waals surface area contributed by atoms with Crippen LogP contribution >= 0.6 is 15.9 Å². The Labute approximate surface area is 213 Å². The number of halogens is 2. The lowest BCUT2D eigenvalue weighted by molar-refractivity contribution is 0.102. The number of aryl methyl sites for hydroxylation is 1. The predicted octanol–water partition coefficient (Wildman–Crippen LogP) is 5.01. The van der Waals surface area contributed by atoms with Gasteiger partial charge in [0.2, 0.25) is 0 Å². The molecular weight excluding hydrogens is 535 g/mol. The van der Waals surface area contributed by atoms with Crippen molar-refractivity contribution in [3.8, 4) is 17.2 Å². The Morgan fingerprint density at radius 2 is 1.75 bits per heavy atom. The normalized spacial score (nSPS) is 10.6. The number of hydrogen-bond donors (Lipinski definition) is 2. The van der Waals surface area contributed by atoms with E-state index in [4.69, 9.17) is 19.9 Å². The number of carbonyl (C=O) groups excluding carboxylic acids is 2. The Morgan fingerprint density at radius 3 is 2.50 bits per heavy atom. The molecule has 3 aromatic carbocycles. The van der Waals surface area contributed by atoms with Gasteiger partial charge in [0, 0.05) is 27.2 Å². The van der Waals surface area contributed by atoms with Crippen LogP contribution in [0.25, 0.3) is 10.9 Å². The van der Waals surface area contributed by atoms with Crippen LogP contribution in [0, 0.1) is 12.7 Å². The third kappa shape index (κ3) is 6.05. The maximum absolute atomic E-state index is 13.5. The van der Waals surface area contributed by atoms with Crippen LogP contribution in [0.1, 0.15) is 16.1 Å². The number of carbonyl (C=O) groups is 2. The first-order valence-corrected chi connectivity index (χ1v) is 11.4. The lowest BCUT2D eigenvalue weighted by atomic mass is 10.2. The van der Waals surface area contributed by atoms with Crippen LogP contribution in [-0.4, -0.2) is 35.2 Å². The number of ether oxygens (including phenoxy) is 3. The van der Waals surface area contributed by atoms with Gasteiger partial charge < -0.3 is 25.3 Å². The molecule has 0 aliphatic heterocycles. The number of fused-ring (bicyclic) bond motifs is 1. The second-order valence-electron chi connectivity index (χ2n) is 7.50. The average molecular weight is 555 g/mol. The standard InChI is InChI=1S/C25H20BrFN4O5/c1-14-19-10-16(26)11-22(23(19)30-13-29-14)35-9-8-34-18-5-2-15(3-6-18)24(32)31-20-7-4-17(27)12-21(20)36-25(28)33/h2-7,10-13H,8-9H2,1H3,(H2,28,33)(H,31,32). The number of nitrogens with zero attached hydrogens (tertiary/aromatic N) is 2. The summed E-state index contributed by atoms with van der Waals surface area (Å²) in [6.07, 6.45) is 0.368. The van der Waals surface area contributed by atoms with E-state index in [2.05, 4.69) is 31.2 Å². The van der Waals surface area contributed by atoms with Crippen LogP contribution < -0.4 is 25.3 Å². The van der Waals surface area contributed by atoms with Gasteiger partial charge in [0.25, 0.3) is 5.91 Å². The highest BCUT2D eigenvalue weighted by molar-refractivity contribution is 9.10. The van der Waals surface area contributed by atoms with Crippen molar-refractivity contribution in [3.05, 3.63) is 82.5 Å². The summed E-state index contributed by atoms with van der Waals surface area (Å²) < 4.78 is 30.6. The number of hydrogen-bond acceptors (Lipinski definition) is 7. The van der Waals surface area contributed by atoms with Gasteiger partial charge in [-0.3, -0.25) is 4.79 Å². The molecule has 9 nitrogen and oxygen atoms in total. The lowest BCUT2D eigenvalue weighted by Gasteiger charge is -2.12. The molecule has 3 N–H and O–H groups in total. The molecule has 0 spiro atoms. The van der Waals surface area contributed by atoms with Crippen LogP contribution in [0.2, 0.25) is 0 Å². The molecule has 0 atom stereocenters. The minimum absolute atomic E-state index is 0.0956. The van der Waals surface area contributed by atoms with Gasteiger partial charge in [-0.25, -0.2) is 19.2 Å². The van der Waals surface area contributed by atoms with E-state index < -0.39 is 17.8 Å².